The average molecular weight is 345 g/mol. The Balaban J connectivity index is 1.69. The van der Waals surface area contributed by atoms with Crippen LogP contribution >= 0.6 is 0 Å². The second-order valence-corrected chi connectivity index (χ2v) is 7.12. The number of carbonyl (C=O) groups is 2. The van der Waals surface area contributed by atoms with Gasteiger partial charge in [-0.25, -0.2) is 4.79 Å². The monoisotopic (exact) mass is 345 g/mol. The molecule has 3 rings (SSSR count). The van der Waals surface area contributed by atoms with E-state index in [1.807, 2.05) is 24.0 Å². The lowest BCUT2D eigenvalue weighted by Crippen LogP contribution is -2.40. The van der Waals surface area contributed by atoms with Crippen LogP contribution in [0.4, 0.5) is 0 Å². The summed E-state index contributed by atoms with van der Waals surface area (Å²) < 4.78 is 11.3. The van der Waals surface area contributed by atoms with Crippen LogP contribution in [-0.4, -0.2) is 42.1 Å². The van der Waals surface area contributed by atoms with E-state index in [9.17, 15) is 9.59 Å². The Labute approximate surface area is 149 Å². The molecule has 3 atom stereocenters. The predicted octanol–water partition coefficient (Wildman–Crippen LogP) is 3.52. The van der Waals surface area contributed by atoms with Crippen molar-refractivity contribution in [3.63, 3.8) is 0 Å². The molecule has 0 aromatic heterocycles. The van der Waals surface area contributed by atoms with Crippen LogP contribution in [0.1, 0.15) is 68.3 Å². The van der Waals surface area contributed by atoms with E-state index >= 15 is 0 Å². The molecule has 0 saturated carbocycles. The number of ether oxygens (including phenoxy) is 2. The fraction of sp³-hybridized carbons (Fsp3) is 0.600. The molecule has 2 aliphatic heterocycles. The van der Waals surface area contributed by atoms with Gasteiger partial charge in [0.15, 0.2) is 6.10 Å². The first-order valence-corrected chi connectivity index (χ1v) is 9.28. The molecule has 136 valence electrons. The molecule has 1 aromatic carbocycles. The molecule has 5 nitrogen and oxygen atoms in total. The average Bonchev–Trinajstić information content (AvgIpc) is 2.80. The number of hydrogen-bond donors (Lipinski definition) is 0. The Bertz CT molecular complexity index is 649. The van der Waals surface area contributed by atoms with Gasteiger partial charge in [-0.1, -0.05) is 31.9 Å². The van der Waals surface area contributed by atoms with Gasteiger partial charge in [0.25, 0.3) is 5.91 Å². The lowest BCUT2D eigenvalue weighted by Gasteiger charge is -2.24. The van der Waals surface area contributed by atoms with Crippen molar-refractivity contribution < 1.29 is 19.1 Å². The van der Waals surface area contributed by atoms with Gasteiger partial charge in [-0.05, 0) is 32.8 Å². The first-order chi connectivity index (χ1) is 12.0. The topological polar surface area (TPSA) is 55.8 Å². The van der Waals surface area contributed by atoms with Gasteiger partial charge >= 0.3 is 5.97 Å². The van der Waals surface area contributed by atoms with Crippen molar-refractivity contribution in [2.75, 3.05) is 13.1 Å². The van der Waals surface area contributed by atoms with E-state index in [2.05, 4.69) is 6.92 Å². The molecule has 0 bridgehead atoms. The van der Waals surface area contributed by atoms with Crippen LogP contribution in [0.25, 0.3) is 0 Å². The summed E-state index contributed by atoms with van der Waals surface area (Å²) in [5.41, 5.74) is 1.43. The maximum Gasteiger partial charge on any atom is 0.342 e. The van der Waals surface area contributed by atoms with Gasteiger partial charge < -0.3 is 14.4 Å². The summed E-state index contributed by atoms with van der Waals surface area (Å²) in [6.07, 6.45) is 3.59. The number of benzene rings is 1. The third kappa shape index (κ3) is 3.65. The number of nitrogens with zero attached hydrogens (tertiary/aromatic N) is 1. The molecule has 1 aromatic rings. The van der Waals surface area contributed by atoms with Crippen LogP contribution in [0.15, 0.2) is 18.2 Å². The Morgan fingerprint density at radius 3 is 2.52 bits per heavy atom. The van der Waals surface area contributed by atoms with E-state index in [0.29, 0.717) is 11.3 Å². The van der Waals surface area contributed by atoms with Crippen molar-refractivity contribution in [2.24, 2.45) is 0 Å². The van der Waals surface area contributed by atoms with E-state index in [4.69, 9.17) is 9.47 Å². The highest BCUT2D eigenvalue weighted by atomic mass is 16.6. The number of para-hydroxylation sites is 1. The van der Waals surface area contributed by atoms with E-state index in [-0.39, 0.29) is 17.9 Å². The highest BCUT2D eigenvalue weighted by molar-refractivity contribution is 5.95. The highest BCUT2D eigenvalue weighted by Gasteiger charge is 2.33. The lowest BCUT2D eigenvalue weighted by molar-refractivity contribution is -0.139. The number of rotatable bonds is 3. The van der Waals surface area contributed by atoms with Crippen LogP contribution in [0.2, 0.25) is 0 Å². The minimum atomic E-state index is -0.780. The Morgan fingerprint density at radius 2 is 1.84 bits per heavy atom. The van der Waals surface area contributed by atoms with Crippen LogP contribution in [0, 0.1) is 0 Å². The Morgan fingerprint density at radius 1 is 1.16 bits per heavy atom. The molecule has 1 fully saturated rings. The van der Waals surface area contributed by atoms with Crippen LogP contribution in [-0.2, 0) is 9.53 Å². The molecule has 0 N–H and O–H groups in total. The minimum absolute atomic E-state index is 0.0279. The maximum atomic E-state index is 12.6. The second kappa shape index (κ2) is 7.46. The Hall–Kier alpha value is -2.04. The number of amides is 1. The quantitative estimate of drug-likeness (QED) is 0.787. The molecule has 2 heterocycles. The molecule has 25 heavy (non-hydrogen) atoms. The number of likely N-dealkylation sites (tertiary alicyclic amines) is 1. The van der Waals surface area contributed by atoms with Gasteiger partial charge in [-0.15, -0.1) is 0 Å². The number of carbonyl (C=O) groups excluding carboxylic acids is 2. The molecule has 3 unspecified atom stereocenters. The first-order valence-electron chi connectivity index (χ1n) is 9.28. The first kappa shape index (κ1) is 17.8. The fourth-order valence-corrected chi connectivity index (χ4v) is 3.57. The van der Waals surface area contributed by atoms with E-state index < -0.39 is 12.1 Å². The van der Waals surface area contributed by atoms with Gasteiger partial charge in [0.2, 0.25) is 0 Å². The summed E-state index contributed by atoms with van der Waals surface area (Å²) in [5, 5.41) is 0. The van der Waals surface area contributed by atoms with E-state index in [1.165, 1.54) is 0 Å². The van der Waals surface area contributed by atoms with Crippen molar-refractivity contribution in [1.82, 2.24) is 4.90 Å². The van der Waals surface area contributed by atoms with Crippen LogP contribution in [0.5, 0.6) is 5.75 Å². The molecule has 1 amide bonds. The molecular formula is C20H27NO4. The predicted molar refractivity (Wildman–Crippen MR) is 94.9 cm³/mol. The van der Waals surface area contributed by atoms with Gasteiger partial charge in [-0.3, -0.25) is 4.79 Å². The van der Waals surface area contributed by atoms with Crippen molar-refractivity contribution in [3.05, 3.63) is 29.3 Å². The fourth-order valence-electron chi connectivity index (χ4n) is 3.57. The maximum absolute atomic E-state index is 12.6. The zero-order chi connectivity index (χ0) is 18.0. The van der Waals surface area contributed by atoms with E-state index in [0.717, 1.165) is 44.3 Å². The summed E-state index contributed by atoms with van der Waals surface area (Å²) in [6.45, 7) is 7.22. The summed E-state index contributed by atoms with van der Waals surface area (Å²) in [7, 11) is 0. The molecule has 0 aliphatic carbocycles. The number of esters is 1. The van der Waals surface area contributed by atoms with E-state index in [1.54, 1.807) is 13.0 Å². The van der Waals surface area contributed by atoms with Gasteiger partial charge in [-0.2, -0.15) is 0 Å². The molecule has 2 aliphatic rings. The molecular weight excluding hydrogens is 318 g/mol. The SMILES string of the molecule is CC(OC(=O)c1cccc2c1OC(C)C2C)C(=O)N1CCCCCC1. The van der Waals surface area contributed by atoms with Gasteiger partial charge in [0.1, 0.15) is 17.4 Å². The lowest BCUT2D eigenvalue weighted by atomic mass is 9.97. The normalized spacial score (nSPS) is 24.0. The summed E-state index contributed by atoms with van der Waals surface area (Å²) in [6, 6.07) is 5.52. The molecule has 0 spiro atoms. The molecule has 5 heteroatoms. The molecule has 0 radical (unpaired) electrons. The smallest absolute Gasteiger partial charge is 0.342 e. The zero-order valence-corrected chi connectivity index (χ0v) is 15.3. The summed E-state index contributed by atoms with van der Waals surface area (Å²) >= 11 is 0. The third-order valence-corrected chi connectivity index (χ3v) is 5.31. The standard InChI is InChI=1S/C20H27NO4/c1-13-14(2)24-18-16(13)9-8-10-17(18)20(23)25-15(3)19(22)21-11-6-4-5-7-12-21/h8-10,13-15H,4-7,11-12H2,1-3H3. The van der Waals surface area contributed by atoms with Crippen molar-refractivity contribution in [2.45, 2.75) is 64.6 Å². The largest absolute Gasteiger partial charge is 0.489 e. The summed E-state index contributed by atoms with van der Waals surface area (Å²) in [4.78, 5) is 27.0. The van der Waals surface area contributed by atoms with Gasteiger partial charge in [0.05, 0.1) is 0 Å². The van der Waals surface area contributed by atoms with Crippen LogP contribution < -0.4 is 4.74 Å². The van der Waals surface area contributed by atoms with Crippen molar-refractivity contribution in [3.8, 4) is 5.75 Å². The number of fused-ring (bicyclic) bond motifs is 1. The highest BCUT2D eigenvalue weighted by Crippen LogP contribution is 2.40. The van der Waals surface area contributed by atoms with Crippen LogP contribution in [0.3, 0.4) is 0 Å². The third-order valence-electron chi connectivity index (χ3n) is 5.31. The second-order valence-electron chi connectivity index (χ2n) is 7.12. The number of hydrogen-bond acceptors (Lipinski definition) is 4. The summed E-state index contributed by atoms with van der Waals surface area (Å²) in [5.74, 6) is 0.236. The minimum Gasteiger partial charge on any atom is -0.489 e. The zero-order valence-electron chi connectivity index (χ0n) is 15.3. The van der Waals surface area contributed by atoms with Crippen molar-refractivity contribution in [1.29, 1.82) is 0 Å². The van der Waals surface area contributed by atoms with Gasteiger partial charge in [0, 0.05) is 24.6 Å². The molecule has 1 saturated heterocycles. The van der Waals surface area contributed by atoms with Crippen molar-refractivity contribution >= 4 is 11.9 Å². The Kier molecular flexibility index (Phi) is 5.30.